The van der Waals surface area contributed by atoms with Crippen molar-refractivity contribution in [2.24, 2.45) is 0 Å². The van der Waals surface area contributed by atoms with Crippen molar-refractivity contribution < 1.29 is 37.5 Å². The Bertz CT molecular complexity index is 843. The van der Waals surface area contributed by atoms with Gasteiger partial charge in [-0.2, -0.15) is 0 Å². The SMILES string of the molecule is CCCCCCCCCCCCCCCCCCCC(=O)NCCC[C@@H]1O[C@H](COC(C)(C)C)[C@@H](OP(=O)(O)OC(C)(C)C)[C@H]1OC. The smallest absolute Gasteiger partial charge is 0.376 e. The topological polar surface area (TPSA) is 113 Å². The third-order valence-corrected chi connectivity index (χ3v) is 9.79. The summed E-state index contributed by atoms with van der Waals surface area (Å²) < 4.78 is 41.7. The van der Waals surface area contributed by atoms with Crippen molar-refractivity contribution in [1.82, 2.24) is 5.32 Å². The lowest BCUT2D eigenvalue weighted by molar-refractivity contribution is -0.121. The molecule has 1 aliphatic rings. The maximum Gasteiger partial charge on any atom is 0.473 e. The minimum Gasteiger partial charge on any atom is -0.376 e. The molecule has 0 aromatic rings. The minimum atomic E-state index is -4.39. The van der Waals surface area contributed by atoms with E-state index >= 15 is 0 Å². The number of hydrogen-bond acceptors (Lipinski definition) is 7. The van der Waals surface area contributed by atoms with Gasteiger partial charge >= 0.3 is 7.82 Å². The lowest BCUT2D eigenvalue weighted by Gasteiger charge is -2.29. The number of unbranched alkanes of at least 4 members (excludes halogenated alkanes) is 16. The molecule has 0 spiro atoms. The van der Waals surface area contributed by atoms with Gasteiger partial charge in [-0.1, -0.05) is 110 Å². The molecular formula is C37H74NO8P. The molecule has 0 bridgehead atoms. The molecule has 1 saturated heterocycles. The normalized spacial score (nSPS) is 21.6. The maximum atomic E-state index is 12.8. The van der Waals surface area contributed by atoms with Gasteiger partial charge in [0.15, 0.2) is 0 Å². The summed E-state index contributed by atoms with van der Waals surface area (Å²) in [6.07, 6.45) is 21.9. The molecule has 0 aromatic carbocycles. The van der Waals surface area contributed by atoms with Gasteiger partial charge in [0.2, 0.25) is 5.91 Å². The van der Waals surface area contributed by atoms with Crippen LogP contribution in [0.2, 0.25) is 0 Å². The third-order valence-electron chi connectivity index (χ3n) is 8.50. The van der Waals surface area contributed by atoms with Crippen molar-refractivity contribution in [2.45, 2.75) is 213 Å². The Hall–Kier alpha value is -0.540. The Morgan fingerprint density at radius 2 is 1.21 bits per heavy atom. The fourth-order valence-corrected chi connectivity index (χ4v) is 7.36. The summed E-state index contributed by atoms with van der Waals surface area (Å²) in [5.74, 6) is 0.0832. The van der Waals surface area contributed by atoms with Crippen molar-refractivity contribution >= 4 is 13.7 Å². The Labute approximate surface area is 288 Å². The molecule has 47 heavy (non-hydrogen) atoms. The van der Waals surface area contributed by atoms with Crippen LogP contribution in [0.25, 0.3) is 0 Å². The van der Waals surface area contributed by atoms with Gasteiger partial charge in [0, 0.05) is 20.1 Å². The van der Waals surface area contributed by atoms with Gasteiger partial charge in [0.05, 0.1) is 23.9 Å². The molecule has 1 heterocycles. The number of ether oxygens (including phenoxy) is 3. The van der Waals surface area contributed by atoms with E-state index < -0.39 is 37.3 Å². The zero-order valence-corrected chi connectivity index (χ0v) is 32.5. The van der Waals surface area contributed by atoms with Crippen LogP contribution in [0.1, 0.15) is 177 Å². The second-order valence-corrected chi connectivity index (χ2v) is 16.8. The van der Waals surface area contributed by atoms with Crippen molar-refractivity contribution in [3.05, 3.63) is 0 Å². The van der Waals surface area contributed by atoms with Gasteiger partial charge in [-0.05, 0) is 60.8 Å². The van der Waals surface area contributed by atoms with Gasteiger partial charge < -0.3 is 24.4 Å². The van der Waals surface area contributed by atoms with E-state index in [-0.39, 0.29) is 18.6 Å². The number of hydrogen-bond donors (Lipinski definition) is 2. The molecule has 9 nitrogen and oxygen atoms in total. The van der Waals surface area contributed by atoms with Gasteiger partial charge in [0.25, 0.3) is 0 Å². The summed E-state index contributed by atoms with van der Waals surface area (Å²) in [5, 5.41) is 3.03. The Morgan fingerprint density at radius 3 is 1.66 bits per heavy atom. The second kappa shape index (κ2) is 24.6. The van der Waals surface area contributed by atoms with Crippen LogP contribution in [0.5, 0.6) is 0 Å². The van der Waals surface area contributed by atoms with E-state index in [4.69, 9.17) is 23.3 Å². The van der Waals surface area contributed by atoms with E-state index in [9.17, 15) is 14.3 Å². The number of phosphoric ester groups is 1. The van der Waals surface area contributed by atoms with Gasteiger partial charge in [-0.25, -0.2) is 4.57 Å². The molecule has 0 saturated carbocycles. The fraction of sp³-hybridized carbons (Fsp3) is 0.973. The van der Waals surface area contributed by atoms with Crippen LogP contribution in [0.3, 0.4) is 0 Å². The number of methoxy groups -OCH3 is 1. The first-order valence-electron chi connectivity index (χ1n) is 19.0. The predicted octanol–water partition coefficient (Wildman–Crippen LogP) is 9.82. The summed E-state index contributed by atoms with van der Waals surface area (Å²) in [7, 11) is -2.85. The molecule has 1 amide bonds. The maximum absolute atomic E-state index is 12.8. The number of carbonyl (C=O) groups is 1. The second-order valence-electron chi connectivity index (χ2n) is 15.5. The highest BCUT2D eigenvalue weighted by Crippen LogP contribution is 2.51. The monoisotopic (exact) mass is 692 g/mol. The highest BCUT2D eigenvalue weighted by molar-refractivity contribution is 7.47. The van der Waals surface area contributed by atoms with Gasteiger partial charge in [-0.3, -0.25) is 13.8 Å². The van der Waals surface area contributed by atoms with E-state index in [1.807, 2.05) is 20.8 Å². The highest BCUT2D eigenvalue weighted by atomic mass is 31.2. The Kier molecular flexibility index (Phi) is 23.3. The summed E-state index contributed by atoms with van der Waals surface area (Å²) in [5.41, 5.74) is -1.29. The van der Waals surface area contributed by atoms with Crippen molar-refractivity contribution in [3.63, 3.8) is 0 Å². The largest absolute Gasteiger partial charge is 0.473 e. The molecule has 1 aliphatic heterocycles. The molecule has 0 aromatic heterocycles. The van der Waals surface area contributed by atoms with Crippen LogP contribution in [-0.4, -0.2) is 66.7 Å². The number of rotatable bonds is 28. The van der Waals surface area contributed by atoms with Crippen LogP contribution in [0.15, 0.2) is 0 Å². The first kappa shape index (κ1) is 44.5. The molecule has 280 valence electrons. The van der Waals surface area contributed by atoms with Crippen molar-refractivity contribution in [3.8, 4) is 0 Å². The number of carbonyl (C=O) groups excluding carboxylic acids is 1. The van der Waals surface area contributed by atoms with Crippen molar-refractivity contribution in [1.29, 1.82) is 0 Å². The van der Waals surface area contributed by atoms with E-state index in [2.05, 4.69) is 12.2 Å². The van der Waals surface area contributed by atoms with E-state index in [0.717, 1.165) is 12.8 Å². The molecule has 0 aliphatic carbocycles. The van der Waals surface area contributed by atoms with Crippen LogP contribution >= 0.6 is 7.82 Å². The zero-order chi connectivity index (χ0) is 35.2. The third kappa shape index (κ3) is 23.5. The van der Waals surface area contributed by atoms with Gasteiger partial charge in [-0.15, -0.1) is 0 Å². The number of phosphoric acid groups is 1. The van der Waals surface area contributed by atoms with E-state index in [1.165, 1.54) is 103 Å². The summed E-state index contributed by atoms with van der Waals surface area (Å²) in [6, 6.07) is 0. The summed E-state index contributed by atoms with van der Waals surface area (Å²) in [6.45, 7) is 13.9. The molecule has 10 heteroatoms. The summed E-state index contributed by atoms with van der Waals surface area (Å²) in [4.78, 5) is 22.9. The lowest BCUT2D eigenvalue weighted by Crippen LogP contribution is -2.39. The highest BCUT2D eigenvalue weighted by Gasteiger charge is 2.49. The van der Waals surface area contributed by atoms with Crippen LogP contribution in [-0.2, 0) is 32.6 Å². The average molecular weight is 692 g/mol. The standard InChI is InChI=1S/C37H74NO8P/c1-9-10-11-12-13-14-15-16-17-18-19-20-21-22-23-24-25-28-33(39)38-29-26-27-31-34(42-8)35(32(44-31)30-43-36(2,3)4)45-47(40,41)46-37(5,6)7/h31-32,34-35H,9-30H2,1-8H3,(H,38,39)(H,40,41)/t31-,32+,34-,35+/m0/s1. The first-order valence-corrected chi connectivity index (χ1v) is 20.5. The van der Waals surface area contributed by atoms with E-state index in [0.29, 0.717) is 25.8 Å². The van der Waals surface area contributed by atoms with Crippen LogP contribution < -0.4 is 5.32 Å². The average Bonchev–Trinajstić information content (AvgIpc) is 3.29. The Balaban J connectivity index is 2.23. The molecule has 1 unspecified atom stereocenters. The molecule has 1 rings (SSSR count). The number of nitrogens with one attached hydrogen (secondary N) is 1. The quantitative estimate of drug-likeness (QED) is 0.0616. The fourth-order valence-electron chi connectivity index (χ4n) is 6.07. The molecule has 5 atom stereocenters. The minimum absolute atomic E-state index is 0.0832. The van der Waals surface area contributed by atoms with E-state index in [1.54, 1.807) is 20.8 Å². The van der Waals surface area contributed by atoms with Crippen LogP contribution in [0, 0.1) is 0 Å². The predicted molar refractivity (Wildman–Crippen MR) is 192 cm³/mol. The number of amides is 1. The molecule has 0 radical (unpaired) electrons. The van der Waals surface area contributed by atoms with Crippen LogP contribution in [0.4, 0.5) is 0 Å². The van der Waals surface area contributed by atoms with Crippen molar-refractivity contribution in [2.75, 3.05) is 20.3 Å². The summed E-state index contributed by atoms with van der Waals surface area (Å²) >= 11 is 0. The Morgan fingerprint density at radius 1 is 0.723 bits per heavy atom. The lowest BCUT2D eigenvalue weighted by atomic mass is 10.0. The molecule has 1 fully saturated rings. The van der Waals surface area contributed by atoms with Gasteiger partial charge in [0.1, 0.15) is 18.3 Å². The first-order chi connectivity index (χ1) is 22.2. The zero-order valence-electron chi connectivity index (χ0n) is 31.6. The molecule has 2 N–H and O–H groups in total. The molecular weight excluding hydrogens is 617 g/mol.